The predicted octanol–water partition coefficient (Wildman–Crippen LogP) is 3.54. The number of piperidine rings is 1. The van der Waals surface area contributed by atoms with Crippen LogP contribution in [0.5, 0.6) is 0 Å². The number of amides is 1. The molecule has 3 aromatic heterocycles. The van der Waals surface area contributed by atoms with E-state index in [1.54, 1.807) is 0 Å². The van der Waals surface area contributed by atoms with Crippen LogP contribution in [0.4, 0.5) is 0 Å². The normalized spacial score (nSPS) is 24.3. The van der Waals surface area contributed by atoms with E-state index in [1.807, 2.05) is 17.3 Å². The van der Waals surface area contributed by atoms with E-state index in [0.29, 0.717) is 25.3 Å². The van der Waals surface area contributed by atoms with Crippen molar-refractivity contribution in [3.8, 4) is 6.07 Å². The average molecular weight is 361 g/mol. The van der Waals surface area contributed by atoms with Gasteiger partial charge in [0.15, 0.2) is 0 Å². The minimum Gasteiger partial charge on any atom is -0.346 e. The highest BCUT2D eigenvalue weighted by Crippen LogP contribution is 2.47. The van der Waals surface area contributed by atoms with E-state index in [9.17, 15) is 10.1 Å². The predicted molar refractivity (Wildman–Crippen MR) is 103 cm³/mol. The van der Waals surface area contributed by atoms with Gasteiger partial charge in [0.25, 0.3) is 0 Å². The first kappa shape index (κ1) is 16.4. The number of nitrogens with one attached hydrogen (secondary N) is 1. The summed E-state index contributed by atoms with van der Waals surface area (Å²) in [7, 11) is 0. The minimum absolute atomic E-state index is 0.0311. The summed E-state index contributed by atoms with van der Waals surface area (Å²) in [6.45, 7) is 5.80. The maximum atomic E-state index is 12.9. The summed E-state index contributed by atoms with van der Waals surface area (Å²) in [6.07, 6.45) is 8.43. The smallest absolute Gasteiger partial charge is 0.243 e. The molecule has 3 aromatic rings. The third kappa shape index (κ3) is 2.31. The fourth-order valence-electron chi connectivity index (χ4n) is 4.56. The summed E-state index contributed by atoms with van der Waals surface area (Å²) in [4.78, 5) is 22.6. The summed E-state index contributed by atoms with van der Waals surface area (Å²) in [5.41, 5.74) is 2.54. The number of pyridine rings is 1. The molecule has 0 unspecified atom stereocenters. The number of hydrogen-bond acceptors (Lipinski definition) is 3. The fraction of sp³-hybridized carbons (Fsp3) is 0.476. The topological polar surface area (TPSA) is 77.7 Å². The Hall–Kier alpha value is -2.81. The first-order valence-corrected chi connectivity index (χ1v) is 9.68. The Morgan fingerprint density at radius 2 is 2.22 bits per heavy atom. The zero-order valence-electron chi connectivity index (χ0n) is 15.7. The maximum absolute atomic E-state index is 12.9. The first-order valence-electron chi connectivity index (χ1n) is 9.68. The second-order valence-corrected chi connectivity index (χ2v) is 8.26. The average Bonchev–Trinajstić information content (AvgIpc) is 3.20. The fourth-order valence-corrected chi connectivity index (χ4v) is 4.56. The third-order valence-corrected chi connectivity index (χ3v) is 6.51. The summed E-state index contributed by atoms with van der Waals surface area (Å²) in [5, 5.41) is 11.7. The number of nitrogens with zero attached hydrogens (tertiary/aromatic N) is 4. The number of aromatic amines is 1. The van der Waals surface area contributed by atoms with E-state index >= 15 is 0 Å². The third-order valence-electron chi connectivity index (χ3n) is 6.51. The van der Waals surface area contributed by atoms with Gasteiger partial charge in [0.1, 0.15) is 11.1 Å². The van der Waals surface area contributed by atoms with Crippen molar-refractivity contribution in [3.05, 3.63) is 30.2 Å². The standard InChI is InChI=1S/C21H23N5O/c1-13-4-8-25(20(27)21(12-22)5-6-21)11-17(13)26-10-14(2)16-9-24-19-15(18(16)26)3-7-23-19/h3,7,9-10,13,17H,4-6,8,11H2,1-2H3,(H,23,24)/t13-,17+/m1/s1. The van der Waals surface area contributed by atoms with E-state index in [1.165, 1.54) is 11.1 Å². The van der Waals surface area contributed by atoms with Gasteiger partial charge in [0.05, 0.1) is 17.6 Å². The van der Waals surface area contributed by atoms with E-state index in [2.05, 4.69) is 46.7 Å². The number of hydrogen-bond donors (Lipinski definition) is 1. The molecule has 0 bridgehead atoms. The molecule has 27 heavy (non-hydrogen) atoms. The molecule has 1 N–H and O–H groups in total. The molecule has 4 heterocycles. The molecule has 1 saturated carbocycles. The van der Waals surface area contributed by atoms with Crippen LogP contribution in [0.3, 0.4) is 0 Å². The van der Waals surface area contributed by atoms with Gasteiger partial charge in [-0.25, -0.2) is 4.98 Å². The summed E-state index contributed by atoms with van der Waals surface area (Å²) >= 11 is 0. The molecule has 0 spiro atoms. The number of likely N-dealkylation sites (tertiary alicyclic amines) is 1. The summed E-state index contributed by atoms with van der Waals surface area (Å²) in [6, 6.07) is 4.54. The van der Waals surface area contributed by atoms with Crippen LogP contribution in [0.2, 0.25) is 0 Å². The SMILES string of the molecule is Cc1cn([C@H]2CN(C(=O)C3(C#N)CC3)CC[C@H]2C)c2c1cnc1[nH]ccc12. The molecule has 1 saturated heterocycles. The molecule has 0 radical (unpaired) electrons. The first-order chi connectivity index (χ1) is 13.0. The Kier molecular flexibility index (Phi) is 3.39. The molecule has 6 heteroatoms. The largest absolute Gasteiger partial charge is 0.346 e. The molecule has 2 aliphatic rings. The van der Waals surface area contributed by atoms with Crippen molar-refractivity contribution in [2.45, 2.75) is 39.2 Å². The Morgan fingerprint density at radius 1 is 1.41 bits per heavy atom. The number of carbonyl (C=O) groups is 1. The van der Waals surface area contributed by atoms with Crippen molar-refractivity contribution in [1.29, 1.82) is 5.26 Å². The second kappa shape index (κ2) is 5.59. The zero-order chi connectivity index (χ0) is 18.8. The van der Waals surface area contributed by atoms with Crippen molar-refractivity contribution in [2.24, 2.45) is 11.3 Å². The Morgan fingerprint density at radius 3 is 2.96 bits per heavy atom. The number of H-pyrrole nitrogens is 1. The van der Waals surface area contributed by atoms with Crippen LogP contribution in [0, 0.1) is 29.6 Å². The molecule has 2 atom stereocenters. The van der Waals surface area contributed by atoms with Crippen molar-refractivity contribution < 1.29 is 4.79 Å². The summed E-state index contributed by atoms with van der Waals surface area (Å²) < 4.78 is 2.35. The molecular formula is C21H23N5O. The second-order valence-electron chi connectivity index (χ2n) is 8.26. The number of aromatic nitrogens is 3. The minimum atomic E-state index is -0.738. The number of rotatable bonds is 2. The monoisotopic (exact) mass is 361 g/mol. The molecule has 1 aliphatic heterocycles. The van der Waals surface area contributed by atoms with Crippen molar-refractivity contribution >= 4 is 27.8 Å². The lowest BCUT2D eigenvalue weighted by Gasteiger charge is -2.39. The molecule has 6 nitrogen and oxygen atoms in total. The van der Waals surface area contributed by atoms with Gasteiger partial charge >= 0.3 is 0 Å². The highest BCUT2D eigenvalue weighted by molar-refractivity contribution is 6.04. The Bertz CT molecular complexity index is 1100. The van der Waals surface area contributed by atoms with Crippen molar-refractivity contribution in [3.63, 3.8) is 0 Å². The molecule has 1 aliphatic carbocycles. The zero-order valence-corrected chi connectivity index (χ0v) is 15.7. The van der Waals surface area contributed by atoms with Gasteiger partial charge in [0, 0.05) is 42.5 Å². The van der Waals surface area contributed by atoms with E-state index in [-0.39, 0.29) is 11.9 Å². The number of aryl methyl sites for hydroxylation is 1. The summed E-state index contributed by atoms with van der Waals surface area (Å²) in [5.74, 6) is 0.493. The Balaban J connectivity index is 1.58. The van der Waals surface area contributed by atoms with Crippen LogP contribution in [0.1, 0.15) is 37.8 Å². The number of nitriles is 1. The van der Waals surface area contributed by atoms with Gasteiger partial charge in [-0.2, -0.15) is 5.26 Å². The van der Waals surface area contributed by atoms with E-state index in [4.69, 9.17) is 0 Å². The van der Waals surface area contributed by atoms with Gasteiger partial charge in [-0.3, -0.25) is 4.79 Å². The molecule has 138 valence electrons. The van der Waals surface area contributed by atoms with Crippen LogP contribution >= 0.6 is 0 Å². The number of fused-ring (bicyclic) bond motifs is 3. The highest BCUT2D eigenvalue weighted by atomic mass is 16.2. The van der Waals surface area contributed by atoms with Crippen LogP contribution in [-0.4, -0.2) is 38.4 Å². The Labute approximate surface area is 157 Å². The van der Waals surface area contributed by atoms with Crippen LogP contribution in [0.25, 0.3) is 21.9 Å². The van der Waals surface area contributed by atoms with Crippen LogP contribution in [0.15, 0.2) is 24.7 Å². The van der Waals surface area contributed by atoms with Gasteiger partial charge < -0.3 is 14.5 Å². The van der Waals surface area contributed by atoms with Crippen LogP contribution in [-0.2, 0) is 4.79 Å². The lowest BCUT2D eigenvalue weighted by atomic mass is 9.91. The van der Waals surface area contributed by atoms with Gasteiger partial charge in [-0.15, -0.1) is 0 Å². The molecule has 5 rings (SSSR count). The van der Waals surface area contributed by atoms with E-state index < -0.39 is 5.41 Å². The molecule has 1 amide bonds. The molecular weight excluding hydrogens is 338 g/mol. The lowest BCUT2D eigenvalue weighted by molar-refractivity contribution is -0.137. The van der Waals surface area contributed by atoms with E-state index in [0.717, 1.165) is 29.4 Å². The maximum Gasteiger partial charge on any atom is 0.243 e. The van der Waals surface area contributed by atoms with Gasteiger partial charge in [0.2, 0.25) is 5.91 Å². The highest BCUT2D eigenvalue weighted by Gasteiger charge is 2.53. The lowest BCUT2D eigenvalue weighted by Crippen LogP contribution is -2.46. The molecule has 0 aromatic carbocycles. The van der Waals surface area contributed by atoms with Crippen molar-refractivity contribution in [2.75, 3.05) is 13.1 Å². The van der Waals surface area contributed by atoms with Crippen molar-refractivity contribution in [1.82, 2.24) is 19.4 Å². The molecule has 2 fully saturated rings. The quantitative estimate of drug-likeness (QED) is 0.758. The number of carbonyl (C=O) groups excluding carboxylic acids is 1. The van der Waals surface area contributed by atoms with Crippen LogP contribution < -0.4 is 0 Å². The van der Waals surface area contributed by atoms with Gasteiger partial charge in [-0.1, -0.05) is 6.92 Å². The van der Waals surface area contributed by atoms with Gasteiger partial charge in [-0.05, 0) is 43.7 Å².